The molecule has 244 valence electrons. The number of likely N-dealkylation sites (N-methyl/N-ethyl adjacent to an activating group) is 1. The van der Waals surface area contributed by atoms with Gasteiger partial charge in [0.05, 0.1) is 24.6 Å². The summed E-state index contributed by atoms with van der Waals surface area (Å²) in [7, 11) is 2.03. The number of benzene rings is 3. The maximum atomic E-state index is 13.8. The number of aromatic nitrogens is 3. The number of halogens is 1. The normalized spacial score (nSPS) is 18.6. The van der Waals surface area contributed by atoms with Gasteiger partial charge in [-0.1, -0.05) is 47.7 Å². The number of nitrogens with one attached hydrogen (secondary N) is 1. The summed E-state index contributed by atoms with van der Waals surface area (Å²) < 4.78 is 15.2. The van der Waals surface area contributed by atoms with E-state index in [9.17, 15) is 18.8 Å². The third kappa shape index (κ3) is 8.16. The van der Waals surface area contributed by atoms with Gasteiger partial charge in [-0.25, -0.2) is 9.07 Å². The molecule has 47 heavy (non-hydrogen) atoms. The molecule has 4 aromatic rings. The van der Waals surface area contributed by atoms with Gasteiger partial charge < -0.3 is 15.1 Å². The Labute approximate surface area is 274 Å². The fraction of sp³-hybridized carbons (Fsp3) is 0.361. The molecule has 3 atom stereocenters. The van der Waals surface area contributed by atoms with E-state index in [-0.39, 0.29) is 41.9 Å². The van der Waals surface area contributed by atoms with Gasteiger partial charge in [-0.15, -0.1) is 5.10 Å². The van der Waals surface area contributed by atoms with E-state index >= 15 is 0 Å². The molecule has 1 N–H and O–H groups in total. The molecular weight excluding hydrogens is 597 g/mol. The van der Waals surface area contributed by atoms with Crippen molar-refractivity contribution >= 4 is 17.6 Å². The molecule has 2 aliphatic rings. The first kappa shape index (κ1) is 32.2. The van der Waals surface area contributed by atoms with Crippen LogP contribution in [-0.4, -0.2) is 106 Å². The van der Waals surface area contributed by atoms with Crippen LogP contribution in [0, 0.1) is 5.82 Å². The van der Waals surface area contributed by atoms with E-state index in [0.717, 1.165) is 30.8 Å². The van der Waals surface area contributed by atoms with E-state index in [0.29, 0.717) is 43.6 Å². The molecule has 0 bridgehead atoms. The van der Waals surface area contributed by atoms with Gasteiger partial charge >= 0.3 is 0 Å². The molecule has 1 saturated heterocycles. The highest BCUT2D eigenvalue weighted by Crippen LogP contribution is 2.45. The molecule has 3 aromatic carbocycles. The largest absolute Gasteiger partial charge is 0.340 e. The van der Waals surface area contributed by atoms with Crippen molar-refractivity contribution in [3.8, 4) is 5.69 Å². The summed E-state index contributed by atoms with van der Waals surface area (Å²) in [5.74, 6) is -0.443. The van der Waals surface area contributed by atoms with Crippen molar-refractivity contribution in [2.24, 2.45) is 0 Å². The van der Waals surface area contributed by atoms with Crippen LogP contribution in [0.15, 0.2) is 91.3 Å². The van der Waals surface area contributed by atoms with Crippen molar-refractivity contribution < 1.29 is 18.8 Å². The lowest BCUT2D eigenvalue weighted by atomic mass is 10.1. The van der Waals surface area contributed by atoms with Crippen LogP contribution < -0.4 is 5.32 Å². The first-order chi connectivity index (χ1) is 22.9. The average molecular weight is 638 g/mol. The molecule has 1 saturated carbocycles. The monoisotopic (exact) mass is 637 g/mol. The first-order valence-electron chi connectivity index (χ1n) is 16.2. The molecule has 6 rings (SSSR count). The molecule has 1 aromatic heterocycles. The lowest BCUT2D eigenvalue weighted by molar-refractivity contribution is -0.135. The van der Waals surface area contributed by atoms with E-state index < -0.39 is 6.04 Å². The minimum atomic E-state index is -0.709. The quantitative estimate of drug-likeness (QED) is 0.223. The van der Waals surface area contributed by atoms with E-state index in [1.54, 1.807) is 41.3 Å². The summed E-state index contributed by atoms with van der Waals surface area (Å²) in [4.78, 5) is 46.7. The maximum Gasteiger partial charge on any atom is 0.251 e. The molecule has 11 heteroatoms. The Bertz CT molecular complexity index is 1640. The van der Waals surface area contributed by atoms with Gasteiger partial charge in [-0.2, -0.15) is 0 Å². The number of nitrogens with zero attached hydrogens (tertiary/aromatic N) is 6. The molecule has 2 fully saturated rings. The zero-order chi connectivity index (χ0) is 32.8. The number of amides is 2. The zero-order valence-electron chi connectivity index (χ0n) is 26.5. The fourth-order valence-electron chi connectivity index (χ4n) is 6.27. The van der Waals surface area contributed by atoms with E-state index in [2.05, 4.69) is 25.4 Å². The number of rotatable bonds is 13. The number of carbonyl (C=O) groups is 3. The summed E-state index contributed by atoms with van der Waals surface area (Å²) in [6.45, 7) is 3.58. The average Bonchev–Trinajstić information content (AvgIpc) is 3.70. The summed E-state index contributed by atoms with van der Waals surface area (Å²) in [6, 6.07) is 22.3. The van der Waals surface area contributed by atoms with E-state index in [4.69, 9.17) is 0 Å². The fourth-order valence-corrected chi connectivity index (χ4v) is 6.27. The van der Waals surface area contributed by atoms with Gasteiger partial charge in [-0.05, 0) is 74.8 Å². The molecule has 1 aliphatic carbocycles. The third-order valence-corrected chi connectivity index (χ3v) is 9.14. The van der Waals surface area contributed by atoms with Crippen LogP contribution in [0.3, 0.4) is 0 Å². The topological polar surface area (TPSA) is 104 Å². The Hall–Kier alpha value is -4.74. The van der Waals surface area contributed by atoms with Gasteiger partial charge in [0.15, 0.2) is 5.78 Å². The van der Waals surface area contributed by atoms with Crippen molar-refractivity contribution in [2.75, 3.05) is 46.3 Å². The Morgan fingerprint density at radius 1 is 0.936 bits per heavy atom. The lowest BCUT2D eigenvalue weighted by Gasteiger charge is -2.35. The van der Waals surface area contributed by atoms with Gasteiger partial charge in [-0.3, -0.25) is 19.3 Å². The van der Waals surface area contributed by atoms with Crippen molar-refractivity contribution in [1.82, 2.24) is 35.0 Å². The second kappa shape index (κ2) is 14.8. The molecule has 10 nitrogen and oxygen atoms in total. The second-order valence-electron chi connectivity index (χ2n) is 12.4. The summed E-state index contributed by atoms with van der Waals surface area (Å²) in [5.41, 5.74) is 2.93. The number of piperazine rings is 1. The van der Waals surface area contributed by atoms with Crippen molar-refractivity contribution in [1.29, 1.82) is 0 Å². The zero-order valence-corrected chi connectivity index (χ0v) is 26.5. The van der Waals surface area contributed by atoms with Crippen LogP contribution in [0.2, 0.25) is 0 Å². The van der Waals surface area contributed by atoms with Gasteiger partial charge in [0.1, 0.15) is 11.9 Å². The Kier molecular flexibility index (Phi) is 10.1. The second-order valence-corrected chi connectivity index (χ2v) is 12.4. The number of ketones is 1. The summed E-state index contributed by atoms with van der Waals surface area (Å²) >= 11 is 0. The predicted octanol–water partition coefficient (Wildman–Crippen LogP) is 3.80. The standard InChI is InChI=1S/C36H40FN7O3/c1-41-20-22-42(23-21-41)36(47)32(39-35(46)28-11-15-30(16-12-28)44-19-17-38-40-44)8-5-18-43(25-34(45)27-6-3-2-4-7-27)33-24-31(33)26-9-13-29(37)14-10-26/h2-4,6-7,9-17,19,31-33H,5,8,18,20-25H2,1H3,(H,39,46)/t31-,32+,33+/m0/s1. The minimum absolute atomic E-state index is 0.0306. The third-order valence-electron chi connectivity index (χ3n) is 9.14. The van der Waals surface area contributed by atoms with Gasteiger partial charge in [0, 0.05) is 49.3 Å². The Balaban J connectivity index is 1.15. The lowest BCUT2D eigenvalue weighted by Crippen LogP contribution is -2.54. The highest BCUT2D eigenvalue weighted by atomic mass is 19.1. The van der Waals surface area contributed by atoms with Crippen LogP contribution in [0.5, 0.6) is 0 Å². The molecule has 0 radical (unpaired) electrons. The molecule has 2 amide bonds. The Morgan fingerprint density at radius 2 is 1.66 bits per heavy atom. The first-order valence-corrected chi connectivity index (χ1v) is 16.2. The molecule has 1 aliphatic heterocycles. The van der Waals surface area contributed by atoms with Gasteiger partial charge in [0.25, 0.3) is 5.91 Å². The highest BCUT2D eigenvalue weighted by Gasteiger charge is 2.43. The van der Waals surface area contributed by atoms with E-state index in [1.807, 2.05) is 54.4 Å². The van der Waals surface area contributed by atoms with Crippen molar-refractivity contribution in [3.63, 3.8) is 0 Å². The number of carbonyl (C=O) groups excluding carboxylic acids is 3. The van der Waals surface area contributed by atoms with Crippen LogP contribution >= 0.6 is 0 Å². The molecule has 2 heterocycles. The SMILES string of the molecule is CN1CCN(C(=O)[C@@H](CCCN(CC(=O)c2ccccc2)[C@@H]2C[C@H]2c2ccc(F)cc2)NC(=O)c2ccc(-n3ccnn3)cc2)CC1. The summed E-state index contributed by atoms with van der Waals surface area (Å²) in [5, 5.41) is 10.8. The van der Waals surface area contributed by atoms with Crippen LogP contribution in [0.25, 0.3) is 5.69 Å². The molecular formula is C36H40FN7O3. The Morgan fingerprint density at radius 3 is 2.34 bits per heavy atom. The minimum Gasteiger partial charge on any atom is -0.340 e. The van der Waals surface area contributed by atoms with Crippen LogP contribution in [0.4, 0.5) is 4.39 Å². The predicted molar refractivity (Wildman–Crippen MR) is 176 cm³/mol. The van der Waals surface area contributed by atoms with Crippen molar-refractivity contribution in [3.05, 3.63) is 114 Å². The summed E-state index contributed by atoms with van der Waals surface area (Å²) in [6.07, 6.45) is 5.21. The van der Waals surface area contributed by atoms with Gasteiger partial charge in [0.2, 0.25) is 5.91 Å². The number of Topliss-reactive ketones (excluding diaryl/α,β-unsaturated/α-hetero) is 1. The highest BCUT2D eigenvalue weighted by molar-refractivity contribution is 5.98. The van der Waals surface area contributed by atoms with Crippen molar-refractivity contribution in [2.45, 2.75) is 37.3 Å². The molecule has 0 spiro atoms. The molecule has 0 unspecified atom stereocenters. The van der Waals surface area contributed by atoms with Crippen LogP contribution in [0.1, 0.15) is 51.5 Å². The van der Waals surface area contributed by atoms with Crippen LogP contribution in [-0.2, 0) is 4.79 Å². The number of hydrogen-bond donors (Lipinski definition) is 1. The smallest absolute Gasteiger partial charge is 0.251 e. The number of hydrogen-bond acceptors (Lipinski definition) is 7. The maximum absolute atomic E-state index is 13.8. The van der Waals surface area contributed by atoms with E-state index in [1.165, 1.54) is 12.1 Å².